The van der Waals surface area contributed by atoms with Gasteiger partial charge in [0.2, 0.25) is 0 Å². The molecule has 0 bridgehead atoms. The summed E-state index contributed by atoms with van der Waals surface area (Å²) in [5.74, 6) is 0. The minimum absolute atomic E-state index is 1.34. The third kappa shape index (κ3) is 36.1. The first-order valence-electron chi connectivity index (χ1n) is 7.93. The number of nitrogens with one attached hydrogen (secondary N) is 1. The van der Waals surface area contributed by atoms with Crippen molar-refractivity contribution in [2.45, 2.75) is 71.1 Å². The third-order valence-corrected chi connectivity index (χ3v) is 3.03. The summed E-state index contributed by atoms with van der Waals surface area (Å²) in [5.41, 5.74) is 0. The van der Waals surface area contributed by atoms with Gasteiger partial charge in [0.15, 0.2) is 0 Å². The van der Waals surface area contributed by atoms with Crippen molar-refractivity contribution in [3.8, 4) is 0 Å². The Kier molecular flexibility index (Phi) is 16.7. The fourth-order valence-corrected chi connectivity index (χ4v) is 1.97. The van der Waals surface area contributed by atoms with E-state index in [2.05, 4.69) is 21.0 Å². The van der Waals surface area contributed by atoms with Crippen LogP contribution < -0.4 is 4.90 Å². The van der Waals surface area contributed by atoms with Crippen LogP contribution in [0.5, 0.6) is 0 Å². The highest BCUT2D eigenvalue weighted by Crippen LogP contribution is 2.10. The molecule has 0 aliphatic heterocycles. The highest BCUT2D eigenvalue weighted by Gasteiger charge is 2.20. The minimum atomic E-state index is -6.00. The maximum atomic E-state index is 9.75. The van der Waals surface area contributed by atoms with Crippen molar-refractivity contribution in [2.75, 3.05) is 20.6 Å². The zero-order chi connectivity index (χ0) is 15.9. The zero-order valence-corrected chi connectivity index (χ0v) is 13.4. The first-order valence-corrected chi connectivity index (χ1v) is 7.93. The number of rotatable bonds is 11. The molecule has 0 spiro atoms. The van der Waals surface area contributed by atoms with Crippen LogP contribution in [0.3, 0.4) is 0 Å². The van der Waals surface area contributed by atoms with Crippen molar-refractivity contribution in [1.82, 2.24) is 0 Å². The number of unbranched alkanes of at least 4 members (excludes halogenated alkanes) is 9. The minimum Gasteiger partial charge on any atom is -0.418 e. The molecule has 0 aliphatic carbocycles. The summed E-state index contributed by atoms with van der Waals surface area (Å²) in [6, 6.07) is 0. The van der Waals surface area contributed by atoms with E-state index in [1.165, 1.54) is 70.8 Å². The van der Waals surface area contributed by atoms with E-state index in [1.54, 1.807) is 4.90 Å². The van der Waals surface area contributed by atoms with Gasteiger partial charge < -0.3 is 22.2 Å². The molecule has 0 aromatic rings. The second-order valence-electron chi connectivity index (χ2n) is 5.63. The van der Waals surface area contributed by atoms with Crippen LogP contribution in [0.25, 0.3) is 0 Å². The lowest BCUT2D eigenvalue weighted by molar-refractivity contribution is -0.858. The molecule has 0 radical (unpaired) electrons. The normalized spacial score (nSPS) is 11.4. The van der Waals surface area contributed by atoms with Crippen molar-refractivity contribution in [2.24, 2.45) is 0 Å². The maximum absolute atomic E-state index is 9.75. The monoisotopic (exact) mass is 301 g/mol. The number of halogens is 4. The number of quaternary nitrogens is 1. The average molecular weight is 301 g/mol. The summed E-state index contributed by atoms with van der Waals surface area (Å²) < 4.78 is 39.0. The van der Waals surface area contributed by atoms with Crippen LogP contribution in [-0.4, -0.2) is 27.9 Å². The van der Waals surface area contributed by atoms with Crippen LogP contribution in [0.2, 0.25) is 0 Å². The fourth-order valence-electron chi connectivity index (χ4n) is 1.97. The number of hydrogen-bond acceptors (Lipinski definition) is 0. The van der Waals surface area contributed by atoms with Gasteiger partial charge in [-0.15, -0.1) is 0 Å². The Balaban J connectivity index is 0. The summed E-state index contributed by atoms with van der Waals surface area (Å²) in [7, 11) is -1.51. The van der Waals surface area contributed by atoms with E-state index in [-0.39, 0.29) is 0 Å². The van der Waals surface area contributed by atoms with Crippen molar-refractivity contribution in [3.63, 3.8) is 0 Å². The first kappa shape index (κ1) is 22.0. The van der Waals surface area contributed by atoms with Crippen LogP contribution in [0.4, 0.5) is 17.3 Å². The van der Waals surface area contributed by atoms with Gasteiger partial charge in [-0.3, -0.25) is 0 Å². The molecule has 0 aliphatic rings. The lowest BCUT2D eigenvalue weighted by Gasteiger charge is -2.06. The largest absolute Gasteiger partial charge is 0.673 e. The molecule has 1 nitrogen and oxygen atoms in total. The Hall–Kier alpha value is -0.255. The van der Waals surface area contributed by atoms with E-state index in [4.69, 9.17) is 0 Å². The Labute approximate surface area is 122 Å². The molecule has 0 saturated carbocycles. The predicted octanol–water partition coefficient (Wildman–Crippen LogP) is 4.35. The van der Waals surface area contributed by atoms with E-state index in [0.717, 1.165) is 0 Å². The lowest BCUT2D eigenvalue weighted by atomic mass is 10.1. The molecular weight excluding hydrogens is 269 g/mol. The molecule has 0 fully saturated rings. The molecule has 124 valence electrons. The van der Waals surface area contributed by atoms with Crippen molar-refractivity contribution >= 4 is 7.25 Å². The standard InChI is InChI=1S/C14H31N.BF4/c1-4-5-6-7-8-9-10-11-12-13-14-15(2)3;2-1(3,4)5/h4-14H2,1-3H3;/q;-1/p+1. The highest BCUT2D eigenvalue weighted by atomic mass is 19.5. The van der Waals surface area contributed by atoms with Gasteiger partial charge >= 0.3 is 7.25 Å². The van der Waals surface area contributed by atoms with E-state index < -0.39 is 7.25 Å². The lowest BCUT2D eigenvalue weighted by Crippen LogP contribution is -3.05. The van der Waals surface area contributed by atoms with E-state index in [1.807, 2.05) is 0 Å². The number of hydrogen-bond donors (Lipinski definition) is 1. The Morgan fingerprint density at radius 1 is 0.650 bits per heavy atom. The van der Waals surface area contributed by atoms with E-state index in [0.29, 0.717) is 0 Å². The van der Waals surface area contributed by atoms with Gasteiger partial charge in [-0.05, 0) is 12.8 Å². The quantitative estimate of drug-likeness (QED) is 0.329. The Morgan fingerprint density at radius 2 is 0.950 bits per heavy atom. The van der Waals surface area contributed by atoms with Crippen molar-refractivity contribution < 1.29 is 22.2 Å². The highest BCUT2D eigenvalue weighted by molar-refractivity contribution is 6.50. The smallest absolute Gasteiger partial charge is 0.418 e. The molecule has 0 atom stereocenters. The molecule has 0 aromatic carbocycles. The molecule has 0 rings (SSSR count). The third-order valence-electron chi connectivity index (χ3n) is 3.03. The van der Waals surface area contributed by atoms with Crippen LogP contribution >= 0.6 is 0 Å². The molecule has 0 aromatic heterocycles. The van der Waals surface area contributed by atoms with Gasteiger partial charge in [0, 0.05) is 0 Å². The van der Waals surface area contributed by atoms with Crippen LogP contribution in [-0.2, 0) is 0 Å². The summed E-state index contributed by atoms with van der Waals surface area (Å²) in [5, 5.41) is 0. The molecule has 0 unspecified atom stereocenters. The summed E-state index contributed by atoms with van der Waals surface area (Å²) in [6.45, 7) is 3.63. The molecule has 0 heterocycles. The zero-order valence-electron chi connectivity index (χ0n) is 13.4. The Morgan fingerprint density at radius 3 is 1.25 bits per heavy atom. The van der Waals surface area contributed by atoms with Gasteiger partial charge in [0.05, 0.1) is 20.6 Å². The second-order valence-corrected chi connectivity index (χ2v) is 5.63. The van der Waals surface area contributed by atoms with E-state index >= 15 is 0 Å². The molecule has 0 amide bonds. The summed E-state index contributed by atoms with van der Waals surface area (Å²) in [6.07, 6.45) is 14.5. The molecule has 1 N–H and O–H groups in total. The summed E-state index contributed by atoms with van der Waals surface area (Å²) >= 11 is 0. The van der Waals surface area contributed by atoms with Gasteiger partial charge in [-0.1, -0.05) is 58.3 Å². The molecule has 20 heavy (non-hydrogen) atoms. The van der Waals surface area contributed by atoms with E-state index in [9.17, 15) is 17.3 Å². The van der Waals surface area contributed by atoms with Gasteiger partial charge in [-0.2, -0.15) is 0 Å². The Bertz CT molecular complexity index is 181. The molecule has 6 heteroatoms. The predicted molar refractivity (Wildman–Crippen MR) is 79.7 cm³/mol. The maximum Gasteiger partial charge on any atom is 0.673 e. The van der Waals surface area contributed by atoms with Crippen LogP contribution in [0.15, 0.2) is 0 Å². The second kappa shape index (κ2) is 15.1. The first-order chi connectivity index (χ1) is 9.27. The topological polar surface area (TPSA) is 4.44 Å². The molecular formula is C14H32BF4N. The van der Waals surface area contributed by atoms with Gasteiger partial charge in [0.1, 0.15) is 0 Å². The van der Waals surface area contributed by atoms with Crippen molar-refractivity contribution in [1.29, 1.82) is 0 Å². The van der Waals surface area contributed by atoms with Crippen molar-refractivity contribution in [3.05, 3.63) is 0 Å². The fraction of sp³-hybridized carbons (Fsp3) is 1.00. The summed E-state index contributed by atoms with van der Waals surface area (Å²) in [4.78, 5) is 1.59. The average Bonchev–Trinajstić information content (AvgIpc) is 2.29. The van der Waals surface area contributed by atoms with Crippen LogP contribution in [0, 0.1) is 0 Å². The SMILES string of the molecule is CCCCCCCCCCCC[NH+](C)C.F[B-](F)(F)F. The molecule has 0 saturated heterocycles. The van der Waals surface area contributed by atoms with Gasteiger partial charge in [0.25, 0.3) is 0 Å². The van der Waals surface area contributed by atoms with Crippen LogP contribution in [0.1, 0.15) is 71.1 Å². The van der Waals surface area contributed by atoms with Gasteiger partial charge in [-0.25, -0.2) is 0 Å².